The molecule has 0 spiro atoms. The van der Waals surface area contributed by atoms with Crippen LogP contribution in [0.15, 0.2) is 35.5 Å². The highest BCUT2D eigenvalue weighted by molar-refractivity contribution is 5.85. The highest BCUT2D eigenvalue weighted by atomic mass is 35.5. The van der Waals surface area contributed by atoms with Crippen molar-refractivity contribution in [3.05, 3.63) is 52.2 Å². The van der Waals surface area contributed by atoms with Gasteiger partial charge in [0.25, 0.3) is 0 Å². The van der Waals surface area contributed by atoms with Crippen molar-refractivity contribution >= 4 is 18.4 Å². The largest absolute Gasteiger partial charge is 0.476 e. The van der Waals surface area contributed by atoms with E-state index < -0.39 is 17.1 Å². The SMILES string of the molecule is Cc1cn(-c2cccnc2)nc(C(=O)O)c1=O.Cl. The molecule has 18 heavy (non-hydrogen) atoms. The normalized spacial score (nSPS) is 9.61. The molecule has 0 aliphatic rings. The molecule has 0 amide bonds. The fourth-order valence-electron chi connectivity index (χ4n) is 1.37. The molecule has 1 N–H and O–H groups in total. The van der Waals surface area contributed by atoms with Gasteiger partial charge in [0.05, 0.1) is 11.9 Å². The van der Waals surface area contributed by atoms with Crippen LogP contribution in [-0.4, -0.2) is 25.8 Å². The third-order valence-corrected chi connectivity index (χ3v) is 2.21. The van der Waals surface area contributed by atoms with Crippen LogP contribution in [0, 0.1) is 6.92 Å². The quantitative estimate of drug-likeness (QED) is 0.879. The minimum atomic E-state index is -1.34. The van der Waals surface area contributed by atoms with Crippen molar-refractivity contribution in [3.8, 4) is 5.69 Å². The smallest absolute Gasteiger partial charge is 0.360 e. The van der Waals surface area contributed by atoms with E-state index >= 15 is 0 Å². The molecule has 2 aromatic heterocycles. The Kier molecular flexibility index (Phi) is 4.17. The molecule has 0 fully saturated rings. The zero-order valence-corrected chi connectivity index (χ0v) is 10.2. The summed E-state index contributed by atoms with van der Waals surface area (Å²) in [6.07, 6.45) is 4.60. The summed E-state index contributed by atoms with van der Waals surface area (Å²) in [5, 5.41) is 12.6. The minimum absolute atomic E-state index is 0. The van der Waals surface area contributed by atoms with Gasteiger partial charge < -0.3 is 5.11 Å². The lowest BCUT2D eigenvalue weighted by Gasteiger charge is -2.06. The van der Waals surface area contributed by atoms with Gasteiger partial charge in [0, 0.05) is 18.0 Å². The molecule has 0 saturated carbocycles. The second-order valence-corrected chi connectivity index (χ2v) is 3.45. The highest BCUT2D eigenvalue weighted by Crippen LogP contribution is 2.03. The van der Waals surface area contributed by atoms with Gasteiger partial charge in [0.1, 0.15) is 0 Å². The second kappa shape index (κ2) is 5.42. The van der Waals surface area contributed by atoms with Gasteiger partial charge in [-0.15, -0.1) is 12.4 Å². The summed E-state index contributed by atoms with van der Waals surface area (Å²) in [4.78, 5) is 26.3. The molecule has 0 unspecified atom stereocenters. The summed E-state index contributed by atoms with van der Waals surface area (Å²) in [6.45, 7) is 1.54. The number of nitrogens with zero attached hydrogens (tertiary/aromatic N) is 3. The van der Waals surface area contributed by atoms with Gasteiger partial charge in [-0.1, -0.05) is 0 Å². The Morgan fingerprint density at radius 3 is 2.72 bits per heavy atom. The number of aromatic nitrogens is 3. The molecule has 2 aromatic rings. The predicted octanol–water partition coefficient (Wildman–Crippen LogP) is 1.06. The number of carboxylic acids is 1. The summed E-state index contributed by atoms with van der Waals surface area (Å²) >= 11 is 0. The topological polar surface area (TPSA) is 85.1 Å². The maximum Gasteiger partial charge on any atom is 0.360 e. The Morgan fingerprint density at radius 2 is 2.17 bits per heavy atom. The van der Waals surface area contributed by atoms with E-state index in [4.69, 9.17) is 5.11 Å². The van der Waals surface area contributed by atoms with Crippen molar-refractivity contribution in [1.82, 2.24) is 14.8 Å². The van der Waals surface area contributed by atoms with Crippen LogP contribution >= 0.6 is 12.4 Å². The molecule has 6 nitrogen and oxygen atoms in total. The van der Waals surface area contributed by atoms with Gasteiger partial charge in [0.15, 0.2) is 0 Å². The Morgan fingerprint density at radius 1 is 1.44 bits per heavy atom. The van der Waals surface area contributed by atoms with E-state index in [1.807, 2.05) is 0 Å². The maximum absolute atomic E-state index is 11.5. The number of carboxylic acid groups (broad SMARTS) is 1. The van der Waals surface area contributed by atoms with E-state index in [2.05, 4.69) is 10.1 Å². The van der Waals surface area contributed by atoms with Gasteiger partial charge >= 0.3 is 5.97 Å². The van der Waals surface area contributed by atoms with E-state index in [0.29, 0.717) is 11.3 Å². The van der Waals surface area contributed by atoms with E-state index in [-0.39, 0.29) is 12.4 Å². The molecule has 2 rings (SSSR count). The van der Waals surface area contributed by atoms with Gasteiger partial charge in [-0.2, -0.15) is 5.10 Å². The zero-order chi connectivity index (χ0) is 12.4. The van der Waals surface area contributed by atoms with Crippen LogP contribution in [0.25, 0.3) is 5.69 Å². The van der Waals surface area contributed by atoms with Crippen LogP contribution in [0.5, 0.6) is 0 Å². The first kappa shape index (κ1) is 13.9. The summed E-state index contributed by atoms with van der Waals surface area (Å²) < 4.78 is 1.33. The molecule has 0 aliphatic heterocycles. The lowest BCUT2D eigenvalue weighted by Crippen LogP contribution is -2.23. The molecular weight excluding hydrogens is 258 g/mol. The lowest BCUT2D eigenvalue weighted by atomic mass is 10.2. The number of halogens is 1. The van der Waals surface area contributed by atoms with E-state index in [0.717, 1.165) is 0 Å². The molecule has 0 atom stereocenters. The van der Waals surface area contributed by atoms with Crippen molar-refractivity contribution < 1.29 is 9.90 Å². The lowest BCUT2D eigenvalue weighted by molar-refractivity contribution is 0.0686. The molecule has 0 aromatic carbocycles. The molecule has 0 radical (unpaired) electrons. The number of carbonyl (C=O) groups is 1. The number of rotatable bonds is 2. The summed E-state index contributed by atoms with van der Waals surface area (Å²) in [7, 11) is 0. The van der Waals surface area contributed by atoms with Gasteiger partial charge in [-0.3, -0.25) is 9.78 Å². The molecular formula is C11H10ClN3O3. The number of pyridine rings is 1. The molecule has 0 bridgehead atoms. The van der Waals surface area contributed by atoms with Crippen molar-refractivity contribution in [2.24, 2.45) is 0 Å². The maximum atomic E-state index is 11.5. The zero-order valence-electron chi connectivity index (χ0n) is 9.40. The minimum Gasteiger partial charge on any atom is -0.476 e. The van der Waals surface area contributed by atoms with Gasteiger partial charge in [-0.05, 0) is 19.1 Å². The molecule has 7 heteroatoms. The van der Waals surface area contributed by atoms with E-state index in [1.165, 1.54) is 17.1 Å². The van der Waals surface area contributed by atoms with Crippen molar-refractivity contribution in [2.75, 3.05) is 0 Å². The fraction of sp³-hybridized carbons (Fsp3) is 0.0909. The van der Waals surface area contributed by atoms with Crippen molar-refractivity contribution in [3.63, 3.8) is 0 Å². The monoisotopic (exact) mass is 267 g/mol. The first-order chi connectivity index (χ1) is 8.09. The average Bonchev–Trinajstić information content (AvgIpc) is 2.33. The van der Waals surface area contributed by atoms with Crippen LogP contribution in [0.2, 0.25) is 0 Å². The van der Waals surface area contributed by atoms with Crippen molar-refractivity contribution in [2.45, 2.75) is 6.92 Å². The van der Waals surface area contributed by atoms with Crippen LogP contribution < -0.4 is 5.43 Å². The van der Waals surface area contributed by atoms with Crippen LogP contribution in [0.4, 0.5) is 0 Å². The Hall–Kier alpha value is -2.21. The summed E-state index contributed by atoms with van der Waals surface area (Å²) in [6, 6.07) is 3.42. The fourth-order valence-corrected chi connectivity index (χ4v) is 1.37. The van der Waals surface area contributed by atoms with E-state index in [1.54, 1.807) is 25.3 Å². The summed E-state index contributed by atoms with van der Waals surface area (Å²) in [5.74, 6) is -1.34. The predicted molar refractivity (Wildman–Crippen MR) is 66.6 cm³/mol. The summed E-state index contributed by atoms with van der Waals surface area (Å²) in [5.41, 5.74) is -0.147. The third kappa shape index (κ3) is 2.54. The first-order valence-electron chi connectivity index (χ1n) is 4.84. The van der Waals surface area contributed by atoms with Crippen LogP contribution in [0.3, 0.4) is 0 Å². The Bertz CT molecular complexity index is 625. The number of hydrogen-bond acceptors (Lipinski definition) is 4. The number of hydrogen-bond donors (Lipinski definition) is 1. The highest BCUT2D eigenvalue weighted by Gasteiger charge is 2.14. The standard InChI is InChI=1S/C11H9N3O3.ClH/c1-7-6-14(8-3-2-4-12-5-8)13-9(10(7)15)11(16)17;/h2-6H,1H3,(H,16,17);1H. The average molecular weight is 268 g/mol. The Labute approximate surface area is 108 Å². The number of aryl methyl sites for hydroxylation is 1. The van der Waals surface area contributed by atoms with E-state index in [9.17, 15) is 9.59 Å². The third-order valence-electron chi connectivity index (χ3n) is 2.21. The first-order valence-corrected chi connectivity index (χ1v) is 4.84. The van der Waals surface area contributed by atoms with Gasteiger partial charge in [-0.25, -0.2) is 9.48 Å². The molecule has 94 valence electrons. The van der Waals surface area contributed by atoms with Gasteiger partial charge in [0.2, 0.25) is 11.1 Å². The van der Waals surface area contributed by atoms with Crippen LogP contribution in [0.1, 0.15) is 16.1 Å². The van der Waals surface area contributed by atoms with Crippen molar-refractivity contribution in [1.29, 1.82) is 0 Å². The number of aromatic carboxylic acids is 1. The Balaban J connectivity index is 0.00000162. The second-order valence-electron chi connectivity index (χ2n) is 3.45. The molecule has 0 saturated heterocycles. The van der Waals surface area contributed by atoms with Crippen LogP contribution in [-0.2, 0) is 0 Å². The molecule has 0 aliphatic carbocycles. The molecule has 2 heterocycles.